The van der Waals surface area contributed by atoms with Crippen LogP contribution in [0.2, 0.25) is 0 Å². The first kappa shape index (κ1) is 16.3. The Morgan fingerprint density at radius 3 is 2.58 bits per heavy atom. The fourth-order valence-corrected chi connectivity index (χ4v) is 3.37. The van der Waals surface area contributed by atoms with Gasteiger partial charge in [0.2, 0.25) is 11.8 Å². The van der Waals surface area contributed by atoms with Crippen molar-refractivity contribution in [1.29, 1.82) is 0 Å². The second-order valence-corrected chi connectivity index (χ2v) is 8.46. The fraction of sp³-hybridized carbons (Fsp3) is 0.857. The second-order valence-electron chi connectivity index (χ2n) is 6.82. The van der Waals surface area contributed by atoms with Gasteiger partial charge in [-0.2, -0.15) is 0 Å². The van der Waals surface area contributed by atoms with E-state index in [-0.39, 0.29) is 17.4 Å². The van der Waals surface area contributed by atoms with E-state index in [1.54, 1.807) is 0 Å². The quantitative estimate of drug-likeness (QED) is 0.830. The highest BCUT2D eigenvalue weighted by molar-refractivity contribution is 8.01. The molecular formula is C14H26N2O2S. The molecule has 1 aliphatic heterocycles. The molecule has 5 heteroatoms. The van der Waals surface area contributed by atoms with Crippen LogP contribution in [0.1, 0.15) is 48.0 Å². The molecule has 0 saturated carbocycles. The molecule has 0 radical (unpaired) electrons. The molecule has 1 heterocycles. The van der Waals surface area contributed by atoms with Gasteiger partial charge in [-0.15, -0.1) is 11.8 Å². The fourth-order valence-electron chi connectivity index (χ4n) is 2.36. The maximum absolute atomic E-state index is 12.2. The van der Waals surface area contributed by atoms with E-state index in [0.29, 0.717) is 11.7 Å². The number of hydrogen-bond acceptors (Lipinski definition) is 3. The van der Waals surface area contributed by atoms with Crippen LogP contribution in [0.25, 0.3) is 0 Å². The summed E-state index contributed by atoms with van der Waals surface area (Å²) < 4.78 is -0.440. The Labute approximate surface area is 120 Å². The van der Waals surface area contributed by atoms with Crippen LogP contribution in [0.15, 0.2) is 0 Å². The van der Waals surface area contributed by atoms with Crippen molar-refractivity contribution in [2.45, 2.75) is 64.3 Å². The molecule has 0 bridgehead atoms. The zero-order valence-corrected chi connectivity index (χ0v) is 13.6. The molecule has 19 heavy (non-hydrogen) atoms. The number of nitrogens with one attached hydrogen (secondary N) is 2. The Morgan fingerprint density at radius 2 is 2.11 bits per heavy atom. The number of carbonyl (C=O) groups excluding carboxylic acids is 2. The Balaban J connectivity index is 2.58. The highest BCUT2D eigenvalue weighted by Gasteiger charge is 2.38. The molecule has 1 fully saturated rings. The lowest BCUT2D eigenvalue weighted by molar-refractivity contribution is -0.130. The molecule has 0 aromatic rings. The maximum atomic E-state index is 12.2. The van der Waals surface area contributed by atoms with Gasteiger partial charge in [0, 0.05) is 11.3 Å². The summed E-state index contributed by atoms with van der Waals surface area (Å²) >= 11 is 1.53. The largest absolute Gasteiger partial charge is 0.349 e. The Bertz CT molecular complexity index is 364. The van der Waals surface area contributed by atoms with Crippen LogP contribution in [-0.2, 0) is 9.59 Å². The predicted octanol–water partition coefficient (Wildman–Crippen LogP) is 1.94. The highest BCUT2D eigenvalue weighted by atomic mass is 32.2. The molecule has 1 saturated heterocycles. The summed E-state index contributed by atoms with van der Waals surface area (Å²) in [6, 6.07) is -0.419. The van der Waals surface area contributed by atoms with Crippen molar-refractivity contribution in [2.75, 3.05) is 5.75 Å². The van der Waals surface area contributed by atoms with Crippen LogP contribution in [-0.4, -0.2) is 33.9 Å². The molecule has 1 aliphatic rings. The zero-order valence-electron chi connectivity index (χ0n) is 12.8. The van der Waals surface area contributed by atoms with Crippen LogP contribution in [0.4, 0.5) is 0 Å². The normalized spacial score (nSPS) is 23.1. The molecule has 0 aliphatic carbocycles. The zero-order chi connectivity index (χ0) is 14.8. The van der Waals surface area contributed by atoms with E-state index in [9.17, 15) is 9.59 Å². The first-order valence-corrected chi connectivity index (χ1v) is 7.79. The first-order valence-electron chi connectivity index (χ1n) is 6.80. The van der Waals surface area contributed by atoms with Gasteiger partial charge in [-0.3, -0.25) is 9.59 Å². The van der Waals surface area contributed by atoms with E-state index in [4.69, 9.17) is 0 Å². The van der Waals surface area contributed by atoms with Crippen LogP contribution < -0.4 is 10.6 Å². The summed E-state index contributed by atoms with van der Waals surface area (Å²) in [6.07, 6.45) is 0.915. The van der Waals surface area contributed by atoms with Gasteiger partial charge in [0.25, 0.3) is 0 Å². The number of amides is 2. The van der Waals surface area contributed by atoms with Crippen molar-refractivity contribution in [3.63, 3.8) is 0 Å². The molecule has 1 rings (SSSR count). The minimum Gasteiger partial charge on any atom is -0.349 e. The Kier molecular flexibility index (Phi) is 4.93. The van der Waals surface area contributed by atoms with Gasteiger partial charge >= 0.3 is 0 Å². The van der Waals surface area contributed by atoms with Gasteiger partial charge in [0.05, 0.1) is 4.75 Å². The topological polar surface area (TPSA) is 58.2 Å². The SMILES string of the molecule is CC(C)CC(C)(C)NC(=O)[C@H]1CSC(C)(C)C(=O)N1. The van der Waals surface area contributed by atoms with Gasteiger partial charge in [-0.1, -0.05) is 13.8 Å². The molecule has 1 atom stereocenters. The van der Waals surface area contributed by atoms with E-state index in [2.05, 4.69) is 24.5 Å². The van der Waals surface area contributed by atoms with Crippen molar-refractivity contribution >= 4 is 23.6 Å². The van der Waals surface area contributed by atoms with E-state index in [1.807, 2.05) is 27.7 Å². The molecule has 0 spiro atoms. The average molecular weight is 286 g/mol. The van der Waals surface area contributed by atoms with E-state index in [1.165, 1.54) is 11.8 Å². The standard InChI is InChI=1S/C14H26N2O2S/c1-9(2)7-13(3,4)16-11(17)10-8-19-14(5,6)12(18)15-10/h9-10H,7-8H2,1-6H3,(H,15,18)(H,16,17)/t10-/m1/s1. The number of rotatable bonds is 4. The van der Waals surface area contributed by atoms with Crippen LogP contribution in [0.5, 0.6) is 0 Å². The molecule has 0 aromatic carbocycles. The van der Waals surface area contributed by atoms with Gasteiger partial charge in [-0.25, -0.2) is 0 Å². The van der Waals surface area contributed by atoms with Crippen LogP contribution in [0.3, 0.4) is 0 Å². The smallest absolute Gasteiger partial charge is 0.243 e. The third-order valence-electron chi connectivity index (χ3n) is 3.16. The highest BCUT2D eigenvalue weighted by Crippen LogP contribution is 2.29. The lowest BCUT2D eigenvalue weighted by Crippen LogP contribution is -2.59. The average Bonchev–Trinajstić information content (AvgIpc) is 2.19. The van der Waals surface area contributed by atoms with E-state index >= 15 is 0 Å². The number of hydrogen-bond donors (Lipinski definition) is 2. The lowest BCUT2D eigenvalue weighted by atomic mass is 9.92. The predicted molar refractivity (Wildman–Crippen MR) is 80.1 cm³/mol. The summed E-state index contributed by atoms with van der Waals surface area (Å²) in [6.45, 7) is 12.1. The molecule has 0 aromatic heterocycles. The first-order chi connectivity index (χ1) is 8.53. The maximum Gasteiger partial charge on any atom is 0.243 e. The van der Waals surface area contributed by atoms with Gasteiger partial charge < -0.3 is 10.6 Å². The number of thioether (sulfide) groups is 1. The van der Waals surface area contributed by atoms with Gasteiger partial charge in [-0.05, 0) is 40.0 Å². The molecule has 110 valence electrons. The van der Waals surface area contributed by atoms with Crippen LogP contribution >= 0.6 is 11.8 Å². The van der Waals surface area contributed by atoms with Gasteiger partial charge in [0.1, 0.15) is 6.04 Å². The summed E-state index contributed by atoms with van der Waals surface area (Å²) in [5.74, 6) is 1.000. The Morgan fingerprint density at radius 1 is 1.53 bits per heavy atom. The van der Waals surface area contributed by atoms with Crippen molar-refractivity contribution in [3.8, 4) is 0 Å². The summed E-state index contributed by atoms with van der Waals surface area (Å²) in [4.78, 5) is 24.1. The van der Waals surface area contributed by atoms with E-state index < -0.39 is 10.8 Å². The van der Waals surface area contributed by atoms with Crippen LogP contribution in [0, 0.1) is 5.92 Å². The van der Waals surface area contributed by atoms with Crippen molar-refractivity contribution in [3.05, 3.63) is 0 Å². The van der Waals surface area contributed by atoms with Crippen molar-refractivity contribution in [2.24, 2.45) is 5.92 Å². The lowest BCUT2D eigenvalue weighted by Gasteiger charge is -2.35. The molecule has 0 unspecified atom stereocenters. The summed E-state index contributed by atoms with van der Waals surface area (Å²) in [7, 11) is 0. The minimum absolute atomic E-state index is 0.0643. The monoisotopic (exact) mass is 286 g/mol. The molecule has 2 amide bonds. The summed E-state index contributed by atoms with van der Waals surface area (Å²) in [5, 5.41) is 5.85. The van der Waals surface area contributed by atoms with Crippen molar-refractivity contribution < 1.29 is 9.59 Å². The summed E-state index contributed by atoms with van der Waals surface area (Å²) in [5.41, 5.74) is -0.242. The third kappa shape index (κ3) is 4.71. The molecule has 4 nitrogen and oxygen atoms in total. The van der Waals surface area contributed by atoms with E-state index in [0.717, 1.165) is 6.42 Å². The van der Waals surface area contributed by atoms with Crippen molar-refractivity contribution in [1.82, 2.24) is 10.6 Å². The second kappa shape index (κ2) is 5.73. The minimum atomic E-state index is -0.440. The number of carbonyl (C=O) groups is 2. The van der Waals surface area contributed by atoms with Gasteiger partial charge in [0.15, 0.2) is 0 Å². The molecule has 2 N–H and O–H groups in total. The molecular weight excluding hydrogens is 260 g/mol. The Hall–Kier alpha value is -0.710. The third-order valence-corrected chi connectivity index (χ3v) is 4.57.